The standard InChI is InChI=1S/C14H17N3O4S/c1-9-12(10(2)17(3)16-9)7-15-22(18,19)11-4-5-13-14(6-11)21-8-20-13/h4-6,15H,7-8H2,1-3H3. The molecule has 22 heavy (non-hydrogen) atoms. The summed E-state index contributed by atoms with van der Waals surface area (Å²) >= 11 is 0. The van der Waals surface area contributed by atoms with E-state index in [1.807, 2.05) is 20.9 Å². The van der Waals surface area contributed by atoms with Crippen molar-refractivity contribution in [2.45, 2.75) is 25.3 Å². The van der Waals surface area contributed by atoms with Gasteiger partial charge in [0, 0.05) is 30.9 Å². The van der Waals surface area contributed by atoms with E-state index in [0.717, 1.165) is 17.0 Å². The van der Waals surface area contributed by atoms with Crippen LogP contribution in [-0.2, 0) is 23.6 Å². The van der Waals surface area contributed by atoms with Crippen molar-refractivity contribution in [1.29, 1.82) is 0 Å². The molecule has 0 fully saturated rings. The van der Waals surface area contributed by atoms with Crippen LogP contribution in [0.1, 0.15) is 17.0 Å². The van der Waals surface area contributed by atoms with E-state index in [4.69, 9.17) is 9.47 Å². The van der Waals surface area contributed by atoms with Gasteiger partial charge in [0.15, 0.2) is 11.5 Å². The molecule has 0 unspecified atom stereocenters. The SMILES string of the molecule is Cc1nn(C)c(C)c1CNS(=O)(=O)c1ccc2c(c1)OCO2. The zero-order chi connectivity index (χ0) is 15.9. The average Bonchev–Trinajstić information content (AvgIpc) is 3.02. The molecule has 0 radical (unpaired) electrons. The number of aromatic nitrogens is 2. The van der Waals surface area contributed by atoms with Crippen molar-refractivity contribution in [3.63, 3.8) is 0 Å². The van der Waals surface area contributed by atoms with Crippen molar-refractivity contribution < 1.29 is 17.9 Å². The third-order valence-electron chi connectivity index (χ3n) is 3.75. The number of hydrogen-bond donors (Lipinski definition) is 1. The second-order valence-electron chi connectivity index (χ2n) is 5.11. The molecular weight excluding hydrogens is 306 g/mol. The van der Waals surface area contributed by atoms with E-state index in [0.29, 0.717) is 11.5 Å². The van der Waals surface area contributed by atoms with Crippen LogP contribution in [0.5, 0.6) is 11.5 Å². The number of hydrogen-bond acceptors (Lipinski definition) is 5. The highest BCUT2D eigenvalue weighted by Gasteiger charge is 2.21. The molecule has 0 bridgehead atoms. The number of nitrogens with zero attached hydrogens (tertiary/aromatic N) is 2. The van der Waals surface area contributed by atoms with Crippen LogP contribution in [0.4, 0.5) is 0 Å². The summed E-state index contributed by atoms with van der Waals surface area (Å²) in [6.07, 6.45) is 0. The molecular formula is C14H17N3O4S. The van der Waals surface area contributed by atoms with Gasteiger partial charge in [0.2, 0.25) is 16.8 Å². The molecule has 1 aliphatic heterocycles. The Balaban J connectivity index is 1.82. The van der Waals surface area contributed by atoms with Crippen molar-refractivity contribution in [2.75, 3.05) is 6.79 Å². The minimum absolute atomic E-state index is 0.111. The lowest BCUT2D eigenvalue weighted by atomic mass is 10.2. The van der Waals surface area contributed by atoms with E-state index in [2.05, 4.69) is 9.82 Å². The van der Waals surface area contributed by atoms with Crippen molar-refractivity contribution in [3.05, 3.63) is 35.2 Å². The van der Waals surface area contributed by atoms with E-state index in [1.165, 1.54) is 12.1 Å². The van der Waals surface area contributed by atoms with Gasteiger partial charge >= 0.3 is 0 Å². The molecule has 2 aromatic rings. The van der Waals surface area contributed by atoms with Crippen molar-refractivity contribution in [3.8, 4) is 11.5 Å². The van der Waals surface area contributed by atoms with Gasteiger partial charge in [-0.25, -0.2) is 13.1 Å². The van der Waals surface area contributed by atoms with Crippen LogP contribution in [0.3, 0.4) is 0 Å². The van der Waals surface area contributed by atoms with E-state index >= 15 is 0 Å². The van der Waals surface area contributed by atoms with Gasteiger partial charge in [-0.05, 0) is 26.0 Å². The molecule has 0 atom stereocenters. The van der Waals surface area contributed by atoms with Crippen LogP contribution >= 0.6 is 0 Å². The highest BCUT2D eigenvalue weighted by Crippen LogP contribution is 2.33. The predicted octanol–water partition coefficient (Wildman–Crippen LogP) is 1.24. The minimum Gasteiger partial charge on any atom is -0.454 e. The Kier molecular flexibility index (Phi) is 3.57. The molecule has 1 N–H and O–H groups in total. The summed E-state index contributed by atoms with van der Waals surface area (Å²) in [4.78, 5) is 0.149. The molecule has 2 heterocycles. The van der Waals surface area contributed by atoms with Gasteiger partial charge < -0.3 is 9.47 Å². The second-order valence-corrected chi connectivity index (χ2v) is 6.88. The van der Waals surface area contributed by atoms with Crippen molar-refractivity contribution >= 4 is 10.0 Å². The molecule has 3 rings (SSSR count). The van der Waals surface area contributed by atoms with Gasteiger partial charge in [0.05, 0.1) is 10.6 Å². The van der Waals surface area contributed by atoms with Crippen molar-refractivity contribution in [2.24, 2.45) is 7.05 Å². The summed E-state index contributed by atoms with van der Waals surface area (Å²) in [5.41, 5.74) is 2.63. The smallest absolute Gasteiger partial charge is 0.241 e. The lowest BCUT2D eigenvalue weighted by Gasteiger charge is -2.08. The molecule has 0 amide bonds. The van der Waals surface area contributed by atoms with Gasteiger partial charge in [0.25, 0.3) is 0 Å². The third kappa shape index (κ3) is 2.55. The topological polar surface area (TPSA) is 82.5 Å². The first-order chi connectivity index (χ1) is 10.4. The van der Waals surface area contributed by atoms with Crippen LogP contribution < -0.4 is 14.2 Å². The maximum atomic E-state index is 12.4. The molecule has 0 saturated carbocycles. The van der Waals surface area contributed by atoms with Gasteiger partial charge in [-0.2, -0.15) is 5.10 Å². The second kappa shape index (κ2) is 5.29. The molecule has 118 valence electrons. The Bertz CT molecular complexity index is 827. The number of nitrogens with one attached hydrogen (secondary N) is 1. The fourth-order valence-corrected chi connectivity index (χ4v) is 3.38. The van der Waals surface area contributed by atoms with Gasteiger partial charge in [-0.1, -0.05) is 0 Å². The largest absolute Gasteiger partial charge is 0.454 e. The average molecular weight is 323 g/mol. The lowest BCUT2D eigenvalue weighted by molar-refractivity contribution is 0.174. The molecule has 8 heteroatoms. The molecule has 1 aromatic heterocycles. The van der Waals surface area contributed by atoms with Crippen molar-refractivity contribution in [1.82, 2.24) is 14.5 Å². The van der Waals surface area contributed by atoms with E-state index in [9.17, 15) is 8.42 Å². The molecule has 1 aliphatic rings. The van der Waals surface area contributed by atoms with Gasteiger partial charge in [0.1, 0.15) is 0 Å². The summed E-state index contributed by atoms with van der Waals surface area (Å²) in [6, 6.07) is 4.56. The zero-order valence-electron chi connectivity index (χ0n) is 12.6. The molecule has 7 nitrogen and oxygen atoms in total. The quantitative estimate of drug-likeness (QED) is 0.915. The lowest BCUT2D eigenvalue weighted by Crippen LogP contribution is -2.23. The summed E-state index contributed by atoms with van der Waals surface area (Å²) in [7, 11) is -1.80. The number of aryl methyl sites for hydroxylation is 2. The fraction of sp³-hybridized carbons (Fsp3) is 0.357. The summed E-state index contributed by atoms with van der Waals surface area (Å²) < 4.78 is 39.5. The van der Waals surface area contributed by atoms with E-state index in [-0.39, 0.29) is 18.2 Å². The van der Waals surface area contributed by atoms with Crippen LogP contribution in [0, 0.1) is 13.8 Å². The first-order valence-electron chi connectivity index (χ1n) is 6.77. The zero-order valence-corrected chi connectivity index (χ0v) is 13.4. The number of rotatable bonds is 4. The maximum absolute atomic E-state index is 12.4. The number of ether oxygens (including phenoxy) is 2. The fourth-order valence-electron chi connectivity index (χ4n) is 2.37. The first kappa shape index (κ1) is 14.9. The summed E-state index contributed by atoms with van der Waals surface area (Å²) in [5.74, 6) is 0.995. The molecule has 0 saturated heterocycles. The normalized spacial score (nSPS) is 13.6. The van der Waals surface area contributed by atoms with Gasteiger partial charge in [-0.3, -0.25) is 4.68 Å². The van der Waals surface area contributed by atoms with Crippen LogP contribution in [0.15, 0.2) is 23.1 Å². The third-order valence-corrected chi connectivity index (χ3v) is 5.15. The number of fused-ring (bicyclic) bond motifs is 1. The minimum atomic E-state index is -3.63. The highest BCUT2D eigenvalue weighted by atomic mass is 32.2. The Morgan fingerprint density at radius 3 is 2.68 bits per heavy atom. The Morgan fingerprint density at radius 2 is 2.00 bits per heavy atom. The highest BCUT2D eigenvalue weighted by molar-refractivity contribution is 7.89. The van der Waals surface area contributed by atoms with E-state index < -0.39 is 10.0 Å². The molecule has 0 spiro atoms. The Labute approximate surface area is 128 Å². The Morgan fingerprint density at radius 1 is 1.27 bits per heavy atom. The number of benzene rings is 1. The first-order valence-corrected chi connectivity index (χ1v) is 8.25. The Hall–Kier alpha value is -2.06. The van der Waals surface area contributed by atoms with Crippen LogP contribution in [-0.4, -0.2) is 25.0 Å². The summed E-state index contributed by atoms with van der Waals surface area (Å²) in [6.45, 7) is 4.07. The van der Waals surface area contributed by atoms with Crippen LogP contribution in [0.25, 0.3) is 0 Å². The maximum Gasteiger partial charge on any atom is 0.241 e. The van der Waals surface area contributed by atoms with E-state index in [1.54, 1.807) is 10.7 Å². The monoisotopic (exact) mass is 323 g/mol. The predicted molar refractivity (Wildman–Crippen MR) is 79.3 cm³/mol. The van der Waals surface area contributed by atoms with Gasteiger partial charge in [-0.15, -0.1) is 0 Å². The van der Waals surface area contributed by atoms with Crippen LogP contribution in [0.2, 0.25) is 0 Å². The summed E-state index contributed by atoms with van der Waals surface area (Å²) in [5, 5.41) is 4.28. The molecule has 1 aromatic carbocycles. The number of sulfonamides is 1. The molecule has 0 aliphatic carbocycles.